The summed E-state index contributed by atoms with van der Waals surface area (Å²) in [7, 11) is 0. The van der Waals surface area contributed by atoms with Gasteiger partial charge in [-0.1, -0.05) is 0 Å². The Bertz CT molecular complexity index is 693. The highest BCUT2D eigenvalue weighted by Gasteiger charge is 2.23. The van der Waals surface area contributed by atoms with Gasteiger partial charge in [-0.05, 0) is 6.07 Å². The Morgan fingerprint density at radius 2 is 2.00 bits per heavy atom. The molecule has 1 aromatic heterocycles. The van der Waals surface area contributed by atoms with Crippen LogP contribution in [0.1, 0.15) is 5.69 Å². The molecule has 0 aliphatic heterocycles. The predicted octanol–water partition coefficient (Wildman–Crippen LogP) is 1.70. The number of fused-ring (bicyclic) bond motifs is 1. The maximum atomic E-state index is 11.1. The molecule has 0 saturated heterocycles. The van der Waals surface area contributed by atoms with Crippen LogP contribution in [0.3, 0.4) is 0 Å². The van der Waals surface area contributed by atoms with Gasteiger partial charge in [0.15, 0.2) is 0 Å². The van der Waals surface area contributed by atoms with Crippen LogP contribution >= 0.6 is 0 Å². The van der Waals surface area contributed by atoms with E-state index in [1.807, 2.05) is 0 Å². The number of nitrogens with zero attached hydrogens (tertiary/aromatic N) is 2. The summed E-state index contributed by atoms with van der Waals surface area (Å²) < 4.78 is 4.50. The third-order valence-corrected chi connectivity index (χ3v) is 2.76. The van der Waals surface area contributed by atoms with Gasteiger partial charge in [0.25, 0.3) is 17.8 Å². The lowest BCUT2D eigenvalue weighted by Crippen LogP contribution is -2.00. The number of nitro benzene ring substituents is 1. The first-order valence-corrected chi connectivity index (χ1v) is 5.53. The number of hydrogen-bond donors (Lipinski definition) is 1. The molecule has 0 radical (unpaired) electrons. The van der Waals surface area contributed by atoms with Gasteiger partial charge in [-0.3, -0.25) is 25.0 Å². The molecule has 0 fully saturated rings. The van der Waals surface area contributed by atoms with Gasteiger partial charge in [-0.2, -0.15) is 0 Å². The van der Waals surface area contributed by atoms with E-state index >= 15 is 0 Å². The van der Waals surface area contributed by atoms with Crippen molar-refractivity contribution in [2.75, 3.05) is 6.61 Å². The van der Waals surface area contributed by atoms with Crippen molar-refractivity contribution in [3.05, 3.63) is 44.1 Å². The van der Waals surface area contributed by atoms with Crippen molar-refractivity contribution in [1.82, 2.24) is 4.98 Å². The Hall–Kier alpha value is -2.97. The van der Waals surface area contributed by atoms with E-state index in [0.29, 0.717) is 5.52 Å². The lowest BCUT2D eigenvalue weighted by molar-refractivity contribution is -0.386. The number of nitrogens with one attached hydrogen (secondary N) is 1. The number of hydrogen-bond acceptors (Lipinski definition) is 6. The lowest BCUT2D eigenvalue weighted by atomic mass is 10.2. The van der Waals surface area contributed by atoms with Gasteiger partial charge in [-0.15, -0.1) is 0 Å². The van der Waals surface area contributed by atoms with Crippen molar-refractivity contribution >= 4 is 28.7 Å². The number of nitro groups is 2. The minimum Gasteiger partial charge on any atom is -0.467 e. The minimum absolute atomic E-state index is 0.0146. The Balaban J connectivity index is 2.52. The molecular formula is C11H9N3O6. The van der Waals surface area contributed by atoms with Gasteiger partial charge in [0.05, 0.1) is 33.1 Å². The molecule has 0 spiro atoms. The predicted molar refractivity (Wildman–Crippen MR) is 67.3 cm³/mol. The summed E-state index contributed by atoms with van der Waals surface area (Å²) >= 11 is 0. The van der Waals surface area contributed by atoms with E-state index in [2.05, 4.69) is 9.72 Å². The number of H-pyrrole nitrogens is 1. The van der Waals surface area contributed by atoms with Crippen LogP contribution in [0.2, 0.25) is 0 Å². The first kappa shape index (κ1) is 13.5. The Morgan fingerprint density at radius 3 is 2.60 bits per heavy atom. The summed E-state index contributed by atoms with van der Waals surface area (Å²) in [5.41, 5.74) is 0.212. The van der Waals surface area contributed by atoms with E-state index in [4.69, 9.17) is 0 Å². The molecule has 0 unspecified atom stereocenters. The third-order valence-electron chi connectivity index (χ3n) is 2.76. The van der Waals surface area contributed by atoms with Crippen molar-refractivity contribution in [3.8, 4) is 0 Å². The zero-order chi connectivity index (χ0) is 14.7. The second-order valence-corrected chi connectivity index (χ2v) is 3.91. The number of ether oxygens (including phenoxy) is 1. The average Bonchev–Trinajstić information content (AvgIpc) is 2.76. The second kappa shape index (κ2) is 5.34. The van der Waals surface area contributed by atoms with Gasteiger partial charge < -0.3 is 9.72 Å². The smallest absolute Gasteiger partial charge is 0.298 e. The first-order valence-electron chi connectivity index (χ1n) is 5.53. The fourth-order valence-corrected chi connectivity index (χ4v) is 1.93. The van der Waals surface area contributed by atoms with Gasteiger partial charge in [0.2, 0.25) is 0 Å². The zero-order valence-corrected chi connectivity index (χ0v) is 10.1. The van der Waals surface area contributed by atoms with Crippen LogP contribution in [-0.2, 0) is 16.0 Å². The number of carbonyl (C=O) groups excluding carboxylic acids is 1. The van der Waals surface area contributed by atoms with Crippen molar-refractivity contribution < 1.29 is 19.4 Å². The van der Waals surface area contributed by atoms with E-state index in [9.17, 15) is 25.0 Å². The van der Waals surface area contributed by atoms with Crippen LogP contribution in [0, 0.1) is 20.2 Å². The zero-order valence-electron chi connectivity index (χ0n) is 10.1. The molecule has 104 valence electrons. The number of aromatic nitrogens is 1. The molecule has 1 aromatic carbocycles. The molecule has 2 rings (SSSR count). The van der Waals surface area contributed by atoms with Crippen molar-refractivity contribution in [2.24, 2.45) is 0 Å². The molecule has 0 aliphatic rings. The van der Waals surface area contributed by atoms with Gasteiger partial charge in [0.1, 0.15) is 0 Å². The summed E-state index contributed by atoms with van der Waals surface area (Å²) in [5.74, 6) is 0. The molecule has 1 N–H and O–H groups in total. The lowest BCUT2D eigenvalue weighted by Gasteiger charge is -1.96. The minimum atomic E-state index is -0.620. The van der Waals surface area contributed by atoms with E-state index in [0.717, 1.165) is 6.07 Å². The van der Waals surface area contributed by atoms with E-state index < -0.39 is 9.85 Å². The SMILES string of the molecule is O=COCCc1[nH]c2ccc([N+](=O)[O-])cc2c1[N+](=O)[O-]. The van der Waals surface area contributed by atoms with Gasteiger partial charge in [0, 0.05) is 18.6 Å². The quantitative estimate of drug-likeness (QED) is 0.371. The maximum absolute atomic E-state index is 11.1. The molecule has 0 amide bonds. The van der Waals surface area contributed by atoms with E-state index in [1.54, 1.807) is 0 Å². The average molecular weight is 279 g/mol. The van der Waals surface area contributed by atoms with Crippen LogP contribution in [-0.4, -0.2) is 27.9 Å². The van der Waals surface area contributed by atoms with E-state index in [1.165, 1.54) is 12.1 Å². The third kappa shape index (κ3) is 2.41. The standard InChI is InChI=1S/C11H9N3O6/c15-6-20-4-3-10-11(14(18)19)8-5-7(13(16)17)1-2-9(8)12-10/h1-2,5-6,12H,3-4H2. The van der Waals surface area contributed by atoms with Crippen LogP contribution in [0.15, 0.2) is 18.2 Å². The Kier molecular flexibility index (Phi) is 3.60. The van der Waals surface area contributed by atoms with Crippen molar-refractivity contribution in [3.63, 3.8) is 0 Å². The highest BCUT2D eigenvalue weighted by molar-refractivity contribution is 5.92. The fraction of sp³-hybridized carbons (Fsp3) is 0.182. The highest BCUT2D eigenvalue weighted by Crippen LogP contribution is 2.32. The van der Waals surface area contributed by atoms with Gasteiger partial charge >= 0.3 is 0 Å². The molecule has 0 bridgehead atoms. The molecule has 9 nitrogen and oxygen atoms in total. The van der Waals surface area contributed by atoms with Crippen LogP contribution in [0.5, 0.6) is 0 Å². The highest BCUT2D eigenvalue weighted by atomic mass is 16.6. The molecule has 9 heteroatoms. The summed E-state index contributed by atoms with van der Waals surface area (Å²) in [6.07, 6.45) is 0.123. The maximum Gasteiger partial charge on any atom is 0.298 e. The number of benzene rings is 1. The molecule has 0 saturated carbocycles. The second-order valence-electron chi connectivity index (χ2n) is 3.91. The van der Waals surface area contributed by atoms with Crippen molar-refractivity contribution in [2.45, 2.75) is 6.42 Å². The Labute approximate surface area is 111 Å². The fourth-order valence-electron chi connectivity index (χ4n) is 1.93. The van der Waals surface area contributed by atoms with E-state index in [-0.39, 0.29) is 42.0 Å². The molecular weight excluding hydrogens is 270 g/mol. The number of carbonyl (C=O) groups is 1. The topological polar surface area (TPSA) is 128 Å². The summed E-state index contributed by atoms with van der Waals surface area (Å²) in [4.78, 5) is 33.5. The number of rotatable bonds is 6. The normalized spacial score (nSPS) is 10.4. The summed E-state index contributed by atoms with van der Waals surface area (Å²) in [6.45, 7) is 0.235. The largest absolute Gasteiger partial charge is 0.467 e. The van der Waals surface area contributed by atoms with Gasteiger partial charge in [-0.25, -0.2) is 0 Å². The molecule has 1 heterocycles. The number of non-ortho nitro benzene ring substituents is 1. The van der Waals surface area contributed by atoms with Crippen LogP contribution in [0.25, 0.3) is 10.9 Å². The molecule has 20 heavy (non-hydrogen) atoms. The van der Waals surface area contributed by atoms with Crippen LogP contribution < -0.4 is 0 Å². The Morgan fingerprint density at radius 1 is 1.25 bits per heavy atom. The number of aromatic amines is 1. The first-order chi connectivity index (χ1) is 9.54. The van der Waals surface area contributed by atoms with Crippen molar-refractivity contribution in [1.29, 1.82) is 0 Å². The monoisotopic (exact) mass is 279 g/mol. The molecule has 0 aliphatic carbocycles. The molecule has 0 atom stereocenters. The van der Waals surface area contributed by atoms with Crippen LogP contribution in [0.4, 0.5) is 11.4 Å². The summed E-state index contributed by atoms with van der Waals surface area (Å²) in [5, 5.41) is 22.0. The molecule has 2 aromatic rings. The summed E-state index contributed by atoms with van der Waals surface area (Å²) in [6, 6.07) is 3.81.